The molecule has 0 saturated carbocycles. The molecule has 0 unspecified atom stereocenters. The van der Waals surface area contributed by atoms with Crippen molar-refractivity contribution < 1.29 is 19.3 Å². The van der Waals surface area contributed by atoms with Gasteiger partial charge in [0.1, 0.15) is 6.10 Å². The molecule has 0 aromatic rings. The van der Waals surface area contributed by atoms with Crippen LogP contribution in [0.2, 0.25) is 0 Å². The van der Waals surface area contributed by atoms with Gasteiger partial charge in [0, 0.05) is 17.4 Å². The fourth-order valence-electron chi connectivity index (χ4n) is 2.42. The number of hydrogen-bond acceptors (Lipinski definition) is 5. The van der Waals surface area contributed by atoms with Crippen LogP contribution in [0.25, 0.3) is 10.4 Å². The van der Waals surface area contributed by atoms with Gasteiger partial charge in [0.2, 0.25) is 0 Å². The van der Waals surface area contributed by atoms with Crippen molar-refractivity contribution in [3.8, 4) is 0 Å². The molecule has 2 aliphatic rings. The monoisotopic (exact) mass is 243 g/mol. The van der Waals surface area contributed by atoms with Gasteiger partial charge in [0.25, 0.3) is 0 Å². The molecule has 0 aromatic heterocycles. The summed E-state index contributed by atoms with van der Waals surface area (Å²) in [4.78, 5) is 2.71. The second-order valence-electron chi connectivity index (χ2n) is 4.73. The van der Waals surface area contributed by atoms with E-state index in [2.05, 4.69) is 10.0 Å². The zero-order valence-electron chi connectivity index (χ0n) is 9.94. The van der Waals surface area contributed by atoms with Crippen LogP contribution in [0.15, 0.2) is 5.11 Å². The van der Waals surface area contributed by atoms with E-state index in [4.69, 9.17) is 19.7 Å². The lowest BCUT2D eigenvalue weighted by atomic mass is 9.95. The van der Waals surface area contributed by atoms with Crippen LogP contribution < -0.4 is 0 Å². The third-order valence-corrected chi connectivity index (χ3v) is 3.10. The molecule has 0 spiro atoms. The van der Waals surface area contributed by atoms with E-state index in [-0.39, 0.29) is 24.7 Å². The van der Waals surface area contributed by atoms with E-state index < -0.39 is 12.1 Å². The predicted octanol–water partition coefficient (Wildman–Crippen LogP) is 1.17. The molecule has 7 nitrogen and oxygen atoms in total. The number of rotatable bonds is 4. The Hall–Kier alpha value is -0.850. The van der Waals surface area contributed by atoms with E-state index in [1.165, 1.54) is 0 Å². The quantitative estimate of drug-likeness (QED) is 0.455. The minimum atomic E-state index is -0.660. The molecule has 2 rings (SSSR count). The molecule has 7 heteroatoms. The Morgan fingerprint density at radius 3 is 2.82 bits per heavy atom. The molecule has 0 amide bonds. The molecule has 2 saturated heterocycles. The Labute approximate surface area is 99.3 Å². The zero-order chi connectivity index (χ0) is 12.5. The van der Waals surface area contributed by atoms with Gasteiger partial charge in [-0.05, 0) is 25.8 Å². The van der Waals surface area contributed by atoms with E-state index in [0.717, 1.165) is 0 Å². The molecule has 2 heterocycles. The van der Waals surface area contributed by atoms with Crippen LogP contribution in [0.4, 0.5) is 0 Å². The van der Waals surface area contributed by atoms with Crippen molar-refractivity contribution in [2.45, 2.75) is 44.6 Å². The Bertz CT molecular complexity index is 330. The maximum atomic E-state index is 9.24. The highest BCUT2D eigenvalue weighted by atomic mass is 16.8. The van der Waals surface area contributed by atoms with Gasteiger partial charge in [-0.1, -0.05) is 5.11 Å². The van der Waals surface area contributed by atoms with E-state index in [0.29, 0.717) is 13.0 Å². The number of ether oxygens (including phenoxy) is 3. The molecule has 0 aromatic carbocycles. The number of azide groups is 1. The van der Waals surface area contributed by atoms with Gasteiger partial charge in [-0.3, -0.25) is 0 Å². The zero-order valence-corrected chi connectivity index (χ0v) is 9.94. The molecular formula is C10H17N3O4. The second kappa shape index (κ2) is 4.80. The van der Waals surface area contributed by atoms with Gasteiger partial charge in [-0.2, -0.15) is 0 Å². The van der Waals surface area contributed by atoms with Crippen molar-refractivity contribution in [1.82, 2.24) is 0 Å². The summed E-state index contributed by atoms with van der Waals surface area (Å²) in [5.41, 5.74) is 8.26. The molecule has 0 bridgehead atoms. The first-order chi connectivity index (χ1) is 8.07. The number of fused-ring (bicyclic) bond motifs is 1. The summed E-state index contributed by atoms with van der Waals surface area (Å²) in [6.45, 7) is 3.94. The summed E-state index contributed by atoms with van der Waals surface area (Å²) >= 11 is 0. The first-order valence-electron chi connectivity index (χ1n) is 5.70. The summed E-state index contributed by atoms with van der Waals surface area (Å²) in [5.74, 6) is -0.663. The lowest BCUT2D eigenvalue weighted by molar-refractivity contribution is -0.213. The minimum absolute atomic E-state index is 0.00252. The molecule has 1 N–H and O–H groups in total. The molecule has 4 atom stereocenters. The average molecular weight is 243 g/mol. The third-order valence-electron chi connectivity index (χ3n) is 3.10. The van der Waals surface area contributed by atoms with Crippen molar-refractivity contribution in [2.24, 2.45) is 11.0 Å². The fourth-order valence-corrected chi connectivity index (χ4v) is 2.42. The fraction of sp³-hybridized carbons (Fsp3) is 1.00. The predicted molar refractivity (Wildman–Crippen MR) is 57.9 cm³/mol. The lowest BCUT2D eigenvalue weighted by Gasteiger charge is -2.24. The van der Waals surface area contributed by atoms with Gasteiger partial charge >= 0.3 is 0 Å². The molecule has 0 aliphatic carbocycles. The first kappa shape index (κ1) is 12.6. The van der Waals surface area contributed by atoms with Crippen molar-refractivity contribution in [1.29, 1.82) is 0 Å². The van der Waals surface area contributed by atoms with Gasteiger partial charge in [-0.15, -0.1) is 0 Å². The summed E-state index contributed by atoms with van der Waals surface area (Å²) in [6, 6.07) is 0. The van der Waals surface area contributed by atoms with Crippen LogP contribution >= 0.6 is 0 Å². The van der Waals surface area contributed by atoms with E-state index in [1.807, 2.05) is 13.8 Å². The summed E-state index contributed by atoms with van der Waals surface area (Å²) in [7, 11) is 0. The van der Waals surface area contributed by atoms with Crippen LogP contribution in [0.5, 0.6) is 0 Å². The highest BCUT2D eigenvalue weighted by Crippen LogP contribution is 2.41. The number of nitrogens with zero attached hydrogens (tertiary/aromatic N) is 3. The largest absolute Gasteiger partial charge is 0.394 e. The van der Waals surface area contributed by atoms with Crippen LogP contribution in [-0.4, -0.2) is 42.5 Å². The highest BCUT2D eigenvalue weighted by molar-refractivity contribution is 4.92. The SMILES string of the molecule is CC1(C)O[C@H]2O[C@H](CO)[C@@H](CCN=[N+]=[N-])[C@H]2O1. The van der Waals surface area contributed by atoms with E-state index in [9.17, 15) is 5.11 Å². The van der Waals surface area contributed by atoms with E-state index in [1.54, 1.807) is 0 Å². The Balaban J connectivity index is 2.02. The first-order valence-corrected chi connectivity index (χ1v) is 5.70. The summed E-state index contributed by atoms with van der Waals surface area (Å²) in [5, 5.41) is 12.7. The number of aliphatic hydroxyl groups excluding tert-OH is 1. The summed E-state index contributed by atoms with van der Waals surface area (Å²) < 4.78 is 16.9. The molecule has 2 fully saturated rings. The van der Waals surface area contributed by atoms with Gasteiger partial charge < -0.3 is 19.3 Å². The summed E-state index contributed by atoms with van der Waals surface area (Å²) in [6.07, 6.45) is -0.320. The second-order valence-corrected chi connectivity index (χ2v) is 4.73. The average Bonchev–Trinajstić information content (AvgIpc) is 2.72. The smallest absolute Gasteiger partial charge is 0.187 e. The topological polar surface area (TPSA) is 96.7 Å². The van der Waals surface area contributed by atoms with Crippen molar-refractivity contribution in [2.75, 3.05) is 13.2 Å². The molecular weight excluding hydrogens is 226 g/mol. The molecule has 2 aliphatic heterocycles. The van der Waals surface area contributed by atoms with Crippen molar-refractivity contribution in [3.05, 3.63) is 10.4 Å². The lowest BCUT2D eigenvalue weighted by Crippen LogP contribution is -2.32. The minimum Gasteiger partial charge on any atom is -0.394 e. The Kier molecular flexibility index (Phi) is 3.56. The van der Waals surface area contributed by atoms with Gasteiger partial charge in [0.15, 0.2) is 12.1 Å². The molecule has 0 radical (unpaired) electrons. The Morgan fingerprint density at radius 2 is 2.18 bits per heavy atom. The van der Waals surface area contributed by atoms with Crippen LogP contribution in [0.1, 0.15) is 20.3 Å². The van der Waals surface area contributed by atoms with E-state index >= 15 is 0 Å². The van der Waals surface area contributed by atoms with Crippen molar-refractivity contribution in [3.63, 3.8) is 0 Å². The maximum absolute atomic E-state index is 9.24. The van der Waals surface area contributed by atoms with Gasteiger partial charge in [-0.25, -0.2) is 0 Å². The van der Waals surface area contributed by atoms with Crippen LogP contribution in [-0.2, 0) is 14.2 Å². The molecule has 17 heavy (non-hydrogen) atoms. The normalized spacial score (nSPS) is 38.8. The third kappa shape index (κ3) is 2.53. The van der Waals surface area contributed by atoms with Crippen molar-refractivity contribution >= 4 is 0 Å². The molecule has 96 valence electrons. The Morgan fingerprint density at radius 1 is 1.41 bits per heavy atom. The number of hydrogen-bond donors (Lipinski definition) is 1. The maximum Gasteiger partial charge on any atom is 0.187 e. The standard InChI is InChI=1S/C10H17N3O4/c1-10(2)16-8-6(3-4-12-13-11)7(5-14)15-9(8)17-10/h6-9,14H,3-5H2,1-2H3/t6-,7-,8-,9-/m1/s1. The van der Waals surface area contributed by atoms with Crippen LogP contribution in [0.3, 0.4) is 0 Å². The highest BCUT2D eigenvalue weighted by Gasteiger charge is 2.53. The van der Waals surface area contributed by atoms with Gasteiger partial charge in [0.05, 0.1) is 12.7 Å². The number of aliphatic hydroxyl groups is 1. The van der Waals surface area contributed by atoms with Crippen LogP contribution in [0, 0.1) is 5.92 Å².